The van der Waals surface area contributed by atoms with Crippen molar-refractivity contribution >= 4 is 43.5 Å². The molecule has 25 heavy (non-hydrogen) atoms. The first kappa shape index (κ1) is 19.6. The number of carboxylic acid groups (broad SMARTS) is 1. The van der Waals surface area contributed by atoms with E-state index < -0.39 is 5.97 Å². The van der Waals surface area contributed by atoms with Crippen LogP contribution < -0.4 is 14.8 Å². The van der Waals surface area contributed by atoms with Gasteiger partial charge in [-0.15, -0.1) is 0 Å². The van der Waals surface area contributed by atoms with Gasteiger partial charge in [0.1, 0.15) is 11.5 Å². The zero-order valence-corrected chi connectivity index (χ0v) is 17.3. The molecule has 0 unspecified atom stereocenters. The minimum atomic E-state index is -0.986. The van der Waals surface area contributed by atoms with E-state index in [-0.39, 0.29) is 11.7 Å². The van der Waals surface area contributed by atoms with Gasteiger partial charge in [-0.25, -0.2) is 4.79 Å². The van der Waals surface area contributed by atoms with Crippen LogP contribution in [0.5, 0.6) is 11.5 Å². The fourth-order valence-corrected chi connectivity index (χ4v) is 3.69. The quantitative estimate of drug-likeness (QED) is 0.570. The van der Waals surface area contributed by atoms with Crippen LogP contribution in [0.3, 0.4) is 0 Å². The minimum Gasteiger partial charge on any atom is -0.495 e. The summed E-state index contributed by atoms with van der Waals surface area (Å²) in [4.78, 5) is 11.2. The lowest BCUT2D eigenvalue weighted by Gasteiger charge is -2.18. The summed E-state index contributed by atoms with van der Waals surface area (Å²) in [6.45, 7) is 4.37. The summed E-state index contributed by atoms with van der Waals surface area (Å²) in [7, 11) is 1.55. The Morgan fingerprint density at radius 2 is 1.96 bits per heavy atom. The summed E-state index contributed by atoms with van der Waals surface area (Å²) in [5, 5.41) is 12.4. The Morgan fingerprint density at radius 1 is 1.24 bits per heavy atom. The molecule has 0 fully saturated rings. The van der Waals surface area contributed by atoms with Crippen molar-refractivity contribution < 1.29 is 19.4 Å². The summed E-state index contributed by atoms with van der Waals surface area (Å²) in [6, 6.07) is 8.58. The standard InChI is InChI=1S/C18H19Br2NO4/c1-10(2)25-17-12(6-13(19)8-14(17)20)9-21-15-7-11(18(22)23)4-5-16(15)24-3/h4-8,10,21H,9H2,1-3H3,(H,22,23). The van der Waals surface area contributed by atoms with Gasteiger partial charge in [-0.1, -0.05) is 15.9 Å². The first-order valence-corrected chi connectivity index (χ1v) is 9.20. The van der Waals surface area contributed by atoms with Crippen LogP contribution in [-0.4, -0.2) is 24.3 Å². The maximum Gasteiger partial charge on any atom is 0.335 e. The van der Waals surface area contributed by atoms with Gasteiger partial charge in [0.05, 0.1) is 28.9 Å². The van der Waals surface area contributed by atoms with Crippen molar-refractivity contribution in [3.8, 4) is 11.5 Å². The van der Waals surface area contributed by atoms with Crippen molar-refractivity contribution in [1.82, 2.24) is 0 Å². The number of aromatic carboxylic acids is 1. The van der Waals surface area contributed by atoms with E-state index in [4.69, 9.17) is 9.47 Å². The zero-order chi connectivity index (χ0) is 18.6. The second kappa shape index (κ2) is 8.58. The van der Waals surface area contributed by atoms with Crippen LogP contribution in [0.25, 0.3) is 0 Å². The summed E-state index contributed by atoms with van der Waals surface area (Å²) < 4.78 is 13.0. The van der Waals surface area contributed by atoms with Crippen molar-refractivity contribution in [3.63, 3.8) is 0 Å². The largest absolute Gasteiger partial charge is 0.495 e. The predicted octanol–water partition coefficient (Wildman–Crippen LogP) is 5.32. The Morgan fingerprint density at radius 3 is 2.56 bits per heavy atom. The third-order valence-corrected chi connectivity index (χ3v) is 4.40. The van der Waals surface area contributed by atoms with Gasteiger partial charge in [0.2, 0.25) is 0 Å². The summed E-state index contributed by atoms with van der Waals surface area (Å²) >= 11 is 7.01. The predicted molar refractivity (Wildman–Crippen MR) is 105 cm³/mol. The second-order valence-electron chi connectivity index (χ2n) is 5.62. The number of carbonyl (C=O) groups is 1. The van der Waals surface area contributed by atoms with Crippen LogP contribution in [0.2, 0.25) is 0 Å². The van der Waals surface area contributed by atoms with E-state index in [0.29, 0.717) is 18.0 Å². The Bertz CT molecular complexity index is 778. The molecule has 0 aliphatic rings. The lowest BCUT2D eigenvalue weighted by molar-refractivity contribution is 0.0697. The molecule has 0 amide bonds. The van der Waals surface area contributed by atoms with E-state index in [1.54, 1.807) is 19.2 Å². The number of ether oxygens (including phenoxy) is 2. The normalized spacial score (nSPS) is 10.6. The minimum absolute atomic E-state index is 0.0288. The molecule has 0 spiro atoms. The average molecular weight is 473 g/mol. The molecule has 0 aliphatic carbocycles. The lowest BCUT2D eigenvalue weighted by atomic mass is 10.1. The molecular formula is C18H19Br2NO4. The van der Waals surface area contributed by atoms with Crippen LogP contribution >= 0.6 is 31.9 Å². The second-order valence-corrected chi connectivity index (χ2v) is 7.39. The van der Waals surface area contributed by atoms with E-state index in [1.807, 2.05) is 26.0 Å². The molecule has 0 saturated heterocycles. The number of carboxylic acids is 1. The molecule has 0 bridgehead atoms. The molecule has 2 aromatic carbocycles. The fourth-order valence-electron chi connectivity index (χ4n) is 2.28. The number of halogens is 2. The van der Waals surface area contributed by atoms with Gasteiger partial charge in [-0.3, -0.25) is 0 Å². The van der Waals surface area contributed by atoms with Crippen LogP contribution in [0, 0.1) is 0 Å². The van der Waals surface area contributed by atoms with Gasteiger partial charge in [0, 0.05) is 16.6 Å². The molecule has 2 N–H and O–H groups in total. The number of nitrogens with one attached hydrogen (secondary N) is 1. The van der Waals surface area contributed by atoms with Gasteiger partial charge < -0.3 is 19.9 Å². The maximum atomic E-state index is 11.2. The van der Waals surface area contributed by atoms with E-state index >= 15 is 0 Å². The highest BCUT2D eigenvalue weighted by Gasteiger charge is 2.14. The molecule has 134 valence electrons. The Kier molecular flexibility index (Phi) is 6.72. The van der Waals surface area contributed by atoms with Crippen molar-refractivity contribution in [1.29, 1.82) is 0 Å². The van der Waals surface area contributed by atoms with Gasteiger partial charge in [0.25, 0.3) is 0 Å². The highest BCUT2D eigenvalue weighted by molar-refractivity contribution is 9.11. The topological polar surface area (TPSA) is 67.8 Å². The molecule has 0 atom stereocenters. The third kappa shape index (κ3) is 5.12. The van der Waals surface area contributed by atoms with E-state index in [1.165, 1.54) is 6.07 Å². The number of benzene rings is 2. The fraction of sp³-hybridized carbons (Fsp3) is 0.278. The average Bonchev–Trinajstić information content (AvgIpc) is 2.55. The van der Waals surface area contributed by atoms with Gasteiger partial charge >= 0.3 is 5.97 Å². The van der Waals surface area contributed by atoms with Gasteiger partial charge in [0.15, 0.2) is 0 Å². The Hall–Kier alpha value is -1.73. The summed E-state index contributed by atoms with van der Waals surface area (Å²) in [6.07, 6.45) is 0.0288. The molecular weight excluding hydrogens is 454 g/mol. The third-order valence-electron chi connectivity index (χ3n) is 3.35. The number of hydrogen-bond donors (Lipinski definition) is 2. The maximum absolute atomic E-state index is 11.2. The molecule has 2 rings (SSSR count). The number of rotatable bonds is 7. The molecule has 0 aromatic heterocycles. The molecule has 7 heteroatoms. The Balaban J connectivity index is 2.32. The first-order valence-electron chi connectivity index (χ1n) is 7.61. The van der Waals surface area contributed by atoms with Crippen LogP contribution in [0.4, 0.5) is 5.69 Å². The summed E-state index contributed by atoms with van der Waals surface area (Å²) in [5.41, 5.74) is 1.73. The number of methoxy groups -OCH3 is 1. The van der Waals surface area contributed by atoms with Gasteiger partial charge in [-0.2, -0.15) is 0 Å². The lowest BCUT2D eigenvalue weighted by Crippen LogP contribution is -2.10. The van der Waals surface area contributed by atoms with Gasteiger partial charge in [-0.05, 0) is 60.1 Å². The smallest absolute Gasteiger partial charge is 0.335 e. The monoisotopic (exact) mass is 471 g/mol. The number of hydrogen-bond acceptors (Lipinski definition) is 4. The van der Waals surface area contributed by atoms with E-state index in [0.717, 1.165) is 20.3 Å². The summed E-state index contributed by atoms with van der Waals surface area (Å²) in [5.74, 6) is 0.337. The molecule has 0 saturated carbocycles. The highest BCUT2D eigenvalue weighted by Crippen LogP contribution is 2.35. The van der Waals surface area contributed by atoms with Crippen molar-refractivity contribution in [2.45, 2.75) is 26.5 Å². The van der Waals surface area contributed by atoms with Crippen molar-refractivity contribution in [2.24, 2.45) is 0 Å². The van der Waals surface area contributed by atoms with Crippen LogP contribution in [-0.2, 0) is 6.54 Å². The van der Waals surface area contributed by atoms with Crippen molar-refractivity contribution in [3.05, 3.63) is 50.4 Å². The van der Waals surface area contributed by atoms with E-state index in [9.17, 15) is 9.90 Å². The first-order chi connectivity index (χ1) is 11.8. The zero-order valence-electron chi connectivity index (χ0n) is 14.1. The van der Waals surface area contributed by atoms with E-state index in [2.05, 4.69) is 37.2 Å². The Labute approximate surface area is 163 Å². The SMILES string of the molecule is COc1ccc(C(=O)O)cc1NCc1cc(Br)cc(Br)c1OC(C)C. The molecule has 5 nitrogen and oxygen atoms in total. The molecule has 0 aliphatic heterocycles. The molecule has 0 heterocycles. The highest BCUT2D eigenvalue weighted by atomic mass is 79.9. The molecule has 0 radical (unpaired) electrons. The number of anilines is 1. The van der Waals surface area contributed by atoms with Crippen LogP contribution in [0.15, 0.2) is 39.3 Å². The van der Waals surface area contributed by atoms with Crippen molar-refractivity contribution in [2.75, 3.05) is 12.4 Å². The van der Waals surface area contributed by atoms with Crippen LogP contribution in [0.1, 0.15) is 29.8 Å². The molecule has 2 aromatic rings.